The van der Waals surface area contributed by atoms with E-state index in [1.807, 2.05) is 18.0 Å². The maximum Gasteiger partial charge on any atom is 0.317 e. The van der Waals surface area contributed by atoms with Crippen LogP contribution < -0.4 is 10.1 Å². The molecular formula is C25H30FN7O2S. The molecule has 1 spiro atoms. The van der Waals surface area contributed by atoms with E-state index in [2.05, 4.69) is 30.2 Å². The largest absolute Gasteiger partial charge is 0.460 e. The van der Waals surface area contributed by atoms with Gasteiger partial charge in [-0.25, -0.2) is 24.3 Å². The molecule has 3 aliphatic rings. The summed E-state index contributed by atoms with van der Waals surface area (Å²) in [5.41, 5.74) is 1.99. The summed E-state index contributed by atoms with van der Waals surface area (Å²) in [4.78, 5) is 25.1. The second-order valence-electron chi connectivity index (χ2n) is 10.2. The zero-order valence-electron chi connectivity index (χ0n) is 20.3. The first kappa shape index (κ1) is 23.6. The summed E-state index contributed by atoms with van der Waals surface area (Å²) in [6, 6.07) is 2.26. The number of nitrogens with zero attached hydrogens (tertiary/aromatic N) is 6. The van der Waals surface area contributed by atoms with Crippen molar-refractivity contribution in [1.82, 2.24) is 29.8 Å². The molecule has 2 aliphatic heterocycles. The van der Waals surface area contributed by atoms with Crippen molar-refractivity contribution < 1.29 is 13.9 Å². The molecular weight excluding hydrogens is 481 g/mol. The van der Waals surface area contributed by atoms with E-state index in [0.29, 0.717) is 29.1 Å². The van der Waals surface area contributed by atoms with Gasteiger partial charge in [-0.2, -0.15) is 4.98 Å². The summed E-state index contributed by atoms with van der Waals surface area (Å²) >= 11 is 1.45. The highest BCUT2D eigenvalue weighted by molar-refractivity contribution is 7.18. The maximum absolute atomic E-state index is 14.5. The monoisotopic (exact) mass is 511 g/mol. The van der Waals surface area contributed by atoms with Gasteiger partial charge in [0.15, 0.2) is 5.13 Å². The van der Waals surface area contributed by atoms with Crippen LogP contribution in [0, 0.1) is 5.41 Å². The Kier molecular flexibility index (Phi) is 6.53. The van der Waals surface area contributed by atoms with Crippen molar-refractivity contribution in [2.24, 2.45) is 5.41 Å². The predicted molar refractivity (Wildman–Crippen MR) is 134 cm³/mol. The fourth-order valence-electron chi connectivity index (χ4n) is 5.26. The Labute approximate surface area is 213 Å². The molecule has 0 unspecified atom stereocenters. The molecule has 1 N–H and O–H groups in total. The van der Waals surface area contributed by atoms with E-state index < -0.39 is 6.17 Å². The van der Waals surface area contributed by atoms with Gasteiger partial charge in [-0.1, -0.05) is 11.3 Å². The van der Waals surface area contributed by atoms with Crippen molar-refractivity contribution in [2.45, 2.75) is 50.3 Å². The lowest BCUT2D eigenvalue weighted by molar-refractivity contribution is -0.140. The fraction of sp³-hybridized carbons (Fsp3) is 0.560. The number of halogens is 1. The van der Waals surface area contributed by atoms with Crippen molar-refractivity contribution in [3.8, 4) is 16.6 Å². The highest BCUT2D eigenvalue weighted by Gasteiger charge is 2.42. The molecule has 0 amide bonds. The molecule has 9 nitrogen and oxygen atoms in total. The van der Waals surface area contributed by atoms with E-state index in [9.17, 15) is 4.39 Å². The molecule has 2 atom stereocenters. The number of ether oxygens (including phenoxy) is 2. The van der Waals surface area contributed by atoms with E-state index >= 15 is 0 Å². The van der Waals surface area contributed by atoms with Gasteiger partial charge in [-0.05, 0) is 57.3 Å². The van der Waals surface area contributed by atoms with Crippen LogP contribution >= 0.6 is 11.3 Å². The van der Waals surface area contributed by atoms with Crippen LogP contribution in [0.15, 0.2) is 30.9 Å². The van der Waals surface area contributed by atoms with Gasteiger partial charge in [-0.15, -0.1) is 0 Å². The van der Waals surface area contributed by atoms with Gasteiger partial charge in [-0.3, -0.25) is 0 Å². The van der Waals surface area contributed by atoms with Crippen LogP contribution in [0.5, 0.6) is 6.01 Å². The van der Waals surface area contributed by atoms with Crippen LogP contribution in [0.25, 0.3) is 10.6 Å². The third-order valence-electron chi connectivity index (χ3n) is 7.54. The second kappa shape index (κ2) is 9.95. The molecule has 11 heteroatoms. The topological polar surface area (TPSA) is 98.2 Å². The van der Waals surface area contributed by atoms with Crippen LogP contribution in [-0.2, 0) is 4.74 Å². The average Bonchev–Trinajstić information content (AvgIpc) is 3.33. The van der Waals surface area contributed by atoms with E-state index in [0.717, 1.165) is 68.0 Å². The van der Waals surface area contributed by atoms with Crippen molar-refractivity contribution in [2.75, 3.05) is 38.7 Å². The standard InChI is InChI=1S/C25H30FN7O2S/c1-33-9-5-18(19(26)13-33)16-10-28-22(29-11-16)32-24-30-12-21(36-24)20-4-8-27-23(31-20)35-17-2-6-25(7-3-17)14-34-15-25/h4,8,10-12,17-19H,2-3,5-7,9,13-15H2,1H3,(H,28,29,30,32)/t18-,19+/m1/s1. The van der Waals surface area contributed by atoms with Crippen LogP contribution in [0.1, 0.15) is 43.6 Å². The minimum absolute atomic E-state index is 0.146. The Bertz CT molecular complexity index is 1180. The second-order valence-corrected chi connectivity index (χ2v) is 11.2. The van der Waals surface area contributed by atoms with Gasteiger partial charge >= 0.3 is 6.01 Å². The number of thiazole rings is 1. The molecule has 3 aromatic heterocycles. The van der Waals surface area contributed by atoms with Gasteiger partial charge in [0.05, 0.1) is 23.8 Å². The van der Waals surface area contributed by atoms with Crippen LogP contribution in [0.3, 0.4) is 0 Å². The number of piperidine rings is 1. The summed E-state index contributed by atoms with van der Waals surface area (Å²) < 4.78 is 26.0. The Morgan fingerprint density at radius 2 is 1.92 bits per heavy atom. The number of hydrogen-bond acceptors (Lipinski definition) is 10. The number of rotatable bonds is 6. The van der Waals surface area contributed by atoms with E-state index in [1.54, 1.807) is 24.8 Å². The Morgan fingerprint density at radius 1 is 1.11 bits per heavy atom. The van der Waals surface area contributed by atoms with Crippen LogP contribution in [-0.4, -0.2) is 75.4 Å². The molecule has 36 heavy (non-hydrogen) atoms. The van der Waals surface area contributed by atoms with Crippen molar-refractivity contribution in [3.05, 3.63) is 36.4 Å². The molecule has 0 aromatic carbocycles. The average molecular weight is 512 g/mol. The fourth-order valence-corrected chi connectivity index (χ4v) is 6.04. The molecule has 6 rings (SSSR count). The van der Waals surface area contributed by atoms with Crippen LogP contribution in [0.4, 0.5) is 15.5 Å². The molecule has 1 aliphatic carbocycles. The normalized spacial score (nSPS) is 24.4. The summed E-state index contributed by atoms with van der Waals surface area (Å²) in [7, 11) is 1.94. The molecule has 0 radical (unpaired) electrons. The highest BCUT2D eigenvalue weighted by atomic mass is 32.1. The quantitative estimate of drug-likeness (QED) is 0.521. The summed E-state index contributed by atoms with van der Waals surface area (Å²) in [5, 5.41) is 3.79. The van der Waals surface area contributed by atoms with Gasteiger partial charge in [0.1, 0.15) is 12.3 Å². The number of hydrogen-bond donors (Lipinski definition) is 1. The third kappa shape index (κ3) is 5.05. The minimum atomic E-state index is -0.901. The summed E-state index contributed by atoms with van der Waals surface area (Å²) in [6.45, 7) is 3.09. The lowest BCUT2D eigenvalue weighted by Crippen LogP contribution is -2.46. The molecule has 1 saturated carbocycles. The molecule has 5 heterocycles. The Hall–Kier alpha value is -2.76. The first-order chi connectivity index (χ1) is 17.6. The lowest BCUT2D eigenvalue weighted by atomic mass is 9.72. The molecule has 2 saturated heterocycles. The maximum atomic E-state index is 14.5. The number of likely N-dealkylation sites (tertiary alicyclic amines) is 1. The van der Waals surface area contributed by atoms with Crippen LogP contribution in [0.2, 0.25) is 0 Å². The smallest absolute Gasteiger partial charge is 0.317 e. The van der Waals surface area contributed by atoms with Gasteiger partial charge < -0.3 is 19.7 Å². The predicted octanol–water partition coefficient (Wildman–Crippen LogP) is 4.23. The van der Waals surface area contributed by atoms with Gasteiger partial charge in [0.25, 0.3) is 0 Å². The third-order valence-corrected chi connectivity index (χ3v) is 8.47. The molecule has 190 valence electrons. The SMILES string of the molecule is CN1CC[C@H](c2cnc(Nc3ncc(-c4ccnc(OC5CCC6(CC5)COC6)n4)s3)nc2)[C@@H](F)C1. The zero-order chi connectivity index (χ0) is 24.5. The Balaban J connectivity index is 1.07. The Morgan fingerprint density at radius 3 is 2.64 bits per heavy atom. The molecule has 3 aromatic rings. The summed E-state index contributed by atoms with van der Waals surface area (Å²) in [5.74, 6) is 0.277. The van der Waals surface area contributed by atoms with E-state index in [4.69, 9.17) is 9.47 Å². The number of nitrogens with one attached hydrogen (secondary N) is 1. The van der Waals surface area contributed by atoms with Crippen molar-refractivity contribution in [3.63, 3.8) is 0 Å². The first-order valence-corrected chi connectivity index (χ1v) is 13.3. The highest BCUT2D eigenvalue weighted by Crippen LogP contribution is 2.43. The van der Waals surface area contributed by atoms with Crippen molar-refractivity contribution in [1.29, 1.82) is 0 Å². The number of aromatic nitrogens is 5. The zero-order valence-corrected chi connectivity index (χ0v) is 21.1. The first-order valence-electron chi connectivity index (χ1n) is 12.5. The lowest BCUT2D eigenvalue weighted by Gasteiger charge is -2.45. The molecule has 0 bridgehead atoms. The molecule has 3 fully saturated rings. The number of anilines is 2. The van der Waals surface area contributed by atoms with Crippen molar-refractivity contribution >= 4 is 22.4 Å². The van der Waals surface area contributed by atoms with Gasteiger partial charge in [0, 0.05) is 42.7 Å². The minimum Gasteiger partial charge on any atom is -0.460 e. The van der Waals surface area contributed by atoms with E-state index in [-0.39, 0.29) is 12.0 Å². The summed E-state index contributed by atoms with van der Waals surface area (Å²) in [6.07, 6.45) is 11.2. The van der Waals surface area contributed by atoms with E-state index in [1.165, 1.54) is 11.3 Å². The number of alkyl halides is 1. The van der Waals surface area contributed by atoms with Gasteiger partial charge in [0.2, 0.25) is 5.95 Å².